The standard InChI is InChI=1S/C28H26F3N3O3S/c1-2-38(36,37)23-12-5-19(6-13-23)17-32-27(35)20-7-14-25-24(16-20)33-26(34(25)22-10-11-22)15-18-3-8-21(9-4-18)28(29,30)31/h3-9,12-14,16,22H,2,10-11,15,17H2,1H3,(H,32,35). The summed E-state index contributed by atoms with van der Waals surface area (Å²) in [5, 5.41) is 2.85. The Morgan fingerprint density at radius 1 is 1.00 bits per heavy atom. The van der Waals surface area contributed by atoms with Gasteiger partial charge in [0, 0.05) is 24.6 Å². The summed E-state index contributed by atoms with van der Waals surface area (Å²) >= 11 is 0. The summed E-state index contributed by atoms with van der Waals surface area (Å²) in [5.41, 5.74) is 2.79. The van der Waals surface area contributed by atoms with Crippen LogP contribution < -0.4 is 5.32 Å². The van der Waals surface area contributed by atoms with Crippen LogP contribution >= 0.6 is 0 Å². The number of amides is 1. The number of hydrogen-bond donors (Lipinski definition) is 1. The van der Waals surface area contributed by atoms with Crippen molar-refractivity contribution >= 4 is 26.8 Å². The van der Waals surface area contributed by atoms with E-state index in [9.17, 15) is 26.4 Å². The maximum absolute atomic E-state index is 12.9. The zero-order chi connectivity index (χ0) is 27.1. The van der Waals surface area contributed by atoms with Gasteiger partial charge in [-0.05, 0) is 66.4 Å². The first-order valence-electron chi connectivity index (χ1n) is 12.3. The van der Waals surface area contributed by atoms with Crippen LogP contribution in [0.5, 0.6) is 0 Å². The number of sulfone groups is 1. The number of benzene rings is 3. The molecule has 3 aromatic carbocycles. The first-order chi connectivity index (χ1) is 18.0. The monoisotopic (exact) mass is 541 g/mol. The summed E-state index contributed by atoms with van der Waals surface area (Å²) in [4.78, 5) is 17.8. The van der Waals surface area contributed by atoms with Gasteiger partial charge in [-0.3, -0.25) is 4.79 Å². The van der Waals surface area contributed by atoms with E-state index < -0.39 is 21.6 Å². The molecule has 0 radical (unpaired) electrons. The van der Waals surface area contributed by atoms with Crippen molar-refractivity contribution in [2.45, 2.75) is 49.8 Å². The molecule has 6 nitrogen and oxygen atoms in total. The molecule has 1 N–H and O–H groups in total. The Hall–Kier alpha value is -3.66. The summed E-state index contributed by atoms with van der Waals surface area (Å²) in [7, 11) is -3.28. The molecule has 1 heterocycles. The average molecular weight is 542 g/mol. The second-order valence-electron chi connectivity index (χ2n) is 9.43. The lowest BCUT2D eigenvalue weighted by molar-refractivity contribution is -0.137. The Morgan fingerprint density at radius 3 is 2.26 bits per heavy atom. The van der Waals surface area contributed by atoms with Gasteiger partial charge in [0.2, 0.25) is 0 Å². The zero-order valence-electron chi connectivity index (χ0n) is 20.6. The SMILES string of the molecule is CCS(=O)(=O)c1ccc(CNC(=O)c2ccc3c(c2)nc(Cc2ccc(C(F)(F)F)cc2)n3C2CC2)cc1. The largest absolute Gasteiger partial charge is 0.416 e. The lowest BCUT2D eigenvalue weighted by Crippen LogP contribution is -2.22. The first kappa shape index (κ1) is 26.0. The third-order valence-corrected chi connectivity index (χ3v) is 8.45. The third kappa shape index (κ3) is 5.45. The molecular formula is C28H26F3N3O3S. The highest BCUT2D eigenvalue weighted by molar-refractivity contribution is 7.91. The van der Waals surface area contributed by atoms with Crippen LogP contribution in [0.3, 0.4) is 0 Å². The normalized spacial score (nSPS) is 14.1. The van der Waals surface area contributed by atoms with Crippen LogP contribution in [0.1, 0.15) is 58.7 Å². The van der Waals surface area contributed by atoms with Crippen molar-refractivity contribution in [3.8, 4) is 0 Å². The van der Waals surface area contributed by atoms with Gasteiger partial charge < -0.3 is 9.88 Å². The number of halogens is 3. The fourth-order valence-electron chi connectivity index (χ4n) is 4.41. The molecule has 0 aliphatic heterocycles. The Balaban J connectivity index is 1.33. The van der Waals surface area contributed by atoms with E-state index in [-0.39, 0.29) is 23.1 Å². The van der Waals surface area contributed by atoms with Crippen LogP contribution in [0.4, 0.5) is 13.2 Å². The van der Waals surface area contributed by atoms with Crippen molar-refractivity contribution < 1.29 is 26.4 Å². The molecule has 4 aromatic rings. The Bertz CT molecular complexity index is 1590. The molecule has 1 aromatic heterocycles. The summed E-state index contributed by atoms with van der Waals surface area (Å²) in [6.07, 6.45) is -1.98. The highest BCUT2D eigenvalue weighted by Crippen LogP contribution is 2.39. The van der Waals surface area contributed by atoms with E-state index in [1.807, 2.05) is 6.07 Å². The molecule has 1 aliphatic rings. The summed E-state index contributed by atoms with van der Waals surface area (Å²) in [5.74, 6) is 0.484. The van der Waals surface area contributed by atoms with Gasteiger partial charge in [0.1, 0.15) is 5.82 Å². The van der Waals surface area contributed by atoms with Gasteiger partial charge in [-0.15, -0.1) is 0 Å². The second kappa shape index (κ2) is 9.90. The van der Waals surface area contributed by atoms with Crippen molar-refractivity contribution in [2.75, 3.05) is 5.75 Å². The summed E-state index contributed by atoms with van der Waals surface area (Å²) < 4.78 is 64.8. The van der Waals surface area contributed by atoms with Gasteiger partial charge in [0.15, 0.2) is 9.84 Å². The maximum Gasteiger partial charge on any atom is 0.416 e. The van der Waals surface area contributed by atoms with Gasteiger partial charge in [0.25, 0.3) is 5.91 Å². The van der Waals surface area contributed by atoms with Crippen LogP contribution in [0, 0.1) is 0 Å². The number of carbonyl (C=O) groups is 1. The van der Waals surface area contributed by atoms with Crippen LogP contribution in [-0.2, 0) is 29.0 Å². The van der Waals surface area contributed by atoms with Gasteiger partial charge in [-0.25, -0.2) is 13.4 Å². The van der Waals surface area contributed by atoms with Gasteiger partial charge in [-0.1, -0.05) is 31.2 Å². The number of fused-ring (bicyclic) bond motifs is 1. The minimum absolute atomic E-state index is 0.0219. The molecule has 0 spiro atoms. The molecule has 1 amide bonds. The fraction of sp³-hybridized carbons (Fsp3) is 0.286. The van der Waals surface area contributed by atoms with E-state index in [0.717, 1.165) is 47.4 Å². The van der Waals surface area contributed by atoms with Crippen molar-refractivity contribution in [3.05, 3.63) is 94.8 Å². The van der Waals surface area contributed by atoms with Crippen molar-refractivity contribution in [1.82, 2.24) is 14.9 Å². The smallest absolute Gasteiger partial charge is 0.348 e. The lowest BCUT2D eigenvalue weighted by atomic mass is 10.1. The van der Waals surface area contributed by atoms with E-state index in [1.54, 1.807) is 31.2 Å². The molecule has 1 saturated carbocycles. The Labute approximate surface area is 218 Å². The number of hydrogen-bond acceptors (Lipinski definition) is 4. The number of imidazole rings is 1. The molecule has 0 bridgehead atoms. The number of nitrogens with one attached hydrogen (secondary N) is 1. The first-order valence-corrected chi connectivity index (χ1v) is 14.0. The molecule has 0 saturated heterocycles. The van der Waals surface area contributed by atoms with Crippen molar-refractivity contribution in [1.29, 1.82) is 0 Å². The predicted molar refractivity (Wildman–Crippen MR) is 138 cm³/mol. The quantitative estimate of drug-likeness (QED) is 0.310. The third-order valence-electron chi connectivity index (χ3n) is 6.70. The number of carbonyl (C=O) groups excluding carboxylic acids is 1. The predicted octanol–water partition coefficient (Wildman–Crippen LogP) is 5.70. The highest BCUT2D eigenvalue weighted by atomic mass is 32.2. The maximum atomic E-state index is 12.9. The molecule has 38 heavy (non-hydrogen) atoms. The van der Waals surface area contributed by atoms with E-state index in [0.29, 0.717) is 23.5 Å². The summed E-state index contributed by atoms with van der Waals surface area (Å²) in [6, 6.07) is 17.1. The second-order valence-corrected chi connectivity index (χ2v) is 11.7. The number of rotatable bonds is 8. The minimum atomic E-state index is -4.38. The molecule has 5 rings (SSSR count). The average Bonchev–Trinajstić information content (AvgIpc) is 3.67. The van der Waals surface area contributed by atoms with E-state index >= 15 is 0 Å². The van der Waals surface area contributed by atoms with Gasteiger partial charge in [0.05, 0.1) is 27.2 Å². The molecule has 1 fully saturated rings. The molecule has 10 heteroatoms. The van der Waals surface area contributed by atoms with Crippen LogP contribution in [-0.4, -0.2) is 29.6 Å². The Kier molecular flexibility index (Phi) is 6.77. The molecule has 1 aliphatic carbocycles. The molecule has 198 valence electrons. The minimum Gasteiger partial charge on any atom is -0.348 e. The van der Waals surface area contributed by atoms with Crippen LogP contribution in [0.15, 0.2) is 71.6 Å². The van der Waals surface area contributed by atoms with Crippen LogP contribution in [0.2, 0.25) is 0 Å². The number of nitrogens with zero attached hydrogens (tertiary/aromatic N) is 2. The van der Waals surface area contributed by atoms with E-state index in [2.05, 4.69) is 9.88 Å². The molecule has 0 unspecified atom stereocenters. The van der Waals surface area contributed by atoms with Crippen molar-refractivity contribution in [3.63, 3.8) is 0 Å². The lowest BCUT2D eigenvalue weighted by Gasteiger charge is -2.10. The summed E-state index contributed by atoms with van der Waals surface area (Å²) in [6.45, 7) is 1.82. The van der Waals surface area contributed by atoms with E-state index in [4.69, 9.17) is 4.98 Å². The fourth-order valence-corrected chi connectivity index (χ4v) is 5.30. The zero-order valence-corrected chi connectivity index (χ0v) is 21.4. The number of alkyl halides is 3. The van der Waals surface area contributed by atoms with Crippen molar-refractivity contribution in [2.24, 2.45) is 0 Å². The van der Waals surface area contributed by atoms with E-state index in [1.165, 1.54) is 24.3 Å². The molecule has 0 atom stereocenters. The molecular weight excluding hydrogens is 515 g/mol. The van der Waals surface area contributed by atoms with Gasteiger partial charge >= 0.3 is 6.18 Å². The highest BCUT2D eigenvalue weighted by Gasteiger charge is 2.31. The topological polar surface area (TPSA) is 81.1 Å². The van der Waals surface area contributed by atoms with Gasteiger partial charge in [-0.2, -0.15) is 13.2 Å². The Morgan fingerprint density at radius 2 is 1.66 bits per heavy atom. The van der Waals surface area contributed by atoms with Crippen LogP contribution in [0.25, 0.3) is 11.0 Å². The number of aromatic nitrogens is 2.